The molecule has 102 valence electrons. The number of aromatic nitrogens is 1. The Morgan fingerprint density at radius 1 is 0.889 bits per heavy atom. The van der Waals surface area contributed by atoms with Crippen LogP contribution in [0, 0.1) is 6.92 Å². The maximum absolute atomic E-state index is 3.38. The molecule has 0 radical (unpaired) electrons. The first-order valence-electron chi connectivity index (χ1n) is 7.88. The first-order valence-corrected chi connectivity index (χ1v) is 8.77. The largest absolute Gasteiger partial charge is 0.344 e. The van der Waals surface area contributed by atoms with Crippen LogP contribution in [0.3, 0.4) is 0 Å². The predicted molar refractivity (Wildman–Crippen MR) is 81.6 cm³/mol. The number of rotatable bonds is 1. The molecule has 1 fully saturated rings. The van der Waals surface area contributed by atoms with Gasteiger partial charge in [-0.15, -0.1) is 0 Å². The second kappa shape index (κ2) is 8.00. The summed E-state index contributed by atoms with van der Waals surface area (Å²) in [6, 6.07) is 0. The van der Waals surface area contributed by atoms with E-state index in [0.29, 0.717) is 0 Å². The standard InChI is InChI=1S/C16H28NP/c1-14-13-17-18-16(14)15-11-9-7-5-3-2-4-6-8-10-12-15/h13,15,17H,2-12H2,1H3. The van der Waals surface area contributed by atoms with Crippen molar-refractivity contribution in [1.29, 1.82) is 0 Å². The molecule has 1 aliphatic carbocycles. The zero-order valence-corrected chi connectivity index (χ0v) is 12.8. The lowest BCUT2D eigenvalue weighted by Gasteiger charge is -2.17. The van der Waals surface area contributed by atoms with Crippen LogP contribution >= 0.6 is 8.35 Å². The van der Waals surface area contributed by atoms with Gasteiger partial charge in [-0.25, -0.2) is 0 Å². The highest BCUT2D eigenvalue weighted by Gasteiger charge is 2.15. The summed E-state index contributed by atoms with van der Waals surface area (Å²) in [6.07, 6.45) is 18.2. The minimum Gasteiger partial charge on any atom is -0.344 e. The first-order chi connectivity index (χ1) is 8.88. The number of hydrogen-bond acceptors (Lipinski definition) is 0. The Balaban J connectivity index is 1.91. The van der Waals surface area contributed by atoms with Gasteiger partial charge in [-0.3, -0.25) is 0 Å². The van der Waals surface area contributed by atoms with Gasteiger partial charge in [0.2, 0.25) is 0 Å². The van der Waals surface area contributed by atoms with Crippen molar-refractivity contribution < 1.29 is 0 Å². The summed E-state index contributed by atoms with van der Waals surface area (Å²) in [7, 11) is 1.37. The second-order valence-corrected chi connectivity index (χ2v) is 6.87. The van der Waals surface area contributed by atoms with E-state index in [1.165, 1.54) is 84.5 Å². The van der Waals surface area contributed by atoms with E-state index in [4.69, 9.17) is 0 Å². The minimum absolute atomic E-state index is 0.859. The van der Waals surface area contributed by atoms with E-state index in [9.17, 15) is 0 Å². The summed E-state index contributed by atoms with van der Waals surface area (Å²) < 4.78 is 3.38. The molecular weight excluding hydrogens is 237 g/mol. The molecule has 1 aliphatic rings. The van der Waals surface area contributed by atoms with Crippen LogP contribution in [-0.4, -0.2) is 4.75 Å². The van der Waals surface area contributed by atoms with Crippen molar-refractivity contribution in [2.24, 2.45) is 0 Å². The van der Waals surface area contributed by atoms with Crippen LogP contribution in [0.15, 0.2) is 6.20 Å². The lowest BCUT2D eigenvalue weighted by molar-refractivity contribution is 0.470. The Hall–Kier alpha value is -0.290. The van der Waals surface area contributed by atoms with Crippen LogP contribution in [0.5, 0.6) is 0 Å². The molecule has 1 N–H and O–H groups in total. The molecule has 1 aromatic rings. The molecule has 0 atom stereocenters. The summed E-state index contributed by atoms with van der Waals surface area (Å²) in [5.41, 5.74) is 1.51. The van der Waals surface area contributed by atoms with E-state index in [0.717, 1.165) is 5.92 Å². The van der Waals surface area contributed by atoms with Gasteiger partial charge in [0, 0.05) is 19.8 Å². The van der Waals surface area contributed by atoms with Gasteiger partial charge in [0.25, 0.3) is 0 Å². The van der Waals surface area contributed by atoms with Gasteiger partial charge in [-0.1, -0.05) is 57.8 Å². The van der Waals surface area contributed by atoms with Gasteiger partial charge in [-0.2, -0.15) is 0 Å². The molecule has 1 aromatic heterocycles. The lowest BCUT2D eigenvalue weighted by atomic mass is 9.90. The van der Waals surface area contributed by atoms with E-state index in [-0.39, 0.29) is 0 Å². The molecule has 18 heavy (non-hydrogen) atoms. The van der Waals surface area contributed by atoms with Gasteiger partial charge in [-0.05, 0) is 31.2 Å². The average Bonchev–Trinajstić information content (AvgIpc) is 2.76. The summed E-state index contributed by atoms with van der Waals surface area (Å²) in [5, 5.41) is 1.69. The van der Waals surface area contributed by atoms with Crippen molar-refractivity contribution in [3.8, 4) is 0 Å². The van der Waals surface area contributed by atoms with Crippen molar-refractivity contribution in [1.82, 2.24) is 4.75 Å². The highest BCUT2D eigenvalue weighted by molar-refractivity contribution is 7.26. The highest BCUT2D eigenvalue weighted by atomic mass is 31.0. The van der Waals surface area contributed by atoms with Crippen molar-refractivity contribution in [3.63, 3.8) is 0 Å². The topological polar surface area (TPSA) is 15.8 Å². The zero-order valence-electron chi connectivity index (χ0n) is 11.9. The molecule has 1 heterocycles. The molecule has 0 aliphatic heterocycles. The van der Waals surface area contributed by atoms with Gasteiger partial charge in [0.05, 0.1) is 0 Å². The number of H-pyrrole nitrogens is 1. The SMILES string of the molecule is Cc1c[nH]pc1C1CCCCCCCCCCC1. The van der Waals surface area contributed by atoms with Crippen molar-refractivity contribution >= 4 is 8.35 Å². The molecule has 0 spiro atoms. The van der Waals surface area contributed by atoms with Crippen LogP contribution in [0.2, 0.25) is 0 Å². The van der Waals surface area contributed by atoms with Crippen molar-refractivity contribution in [2.75, 3.05) is 0 Å². The third-order valence-corrected chi connectivity index (χ3v) is 5.58. The third kappa shape index (κ3) is 4.43. The molecule has 0 bridgehead atoms. The van der Waals surface area contributed by atoms with E-state index in [1.54, 1.807) is 5.30 Å². The average molecular weight is 265 g/mol. The Labute approximate surface area is 114 Å². The maximum Gasteiger partial charge on any atom is 0.0144 e. The monoisotopic (exact) mass is 265 g/mol. The molecule has 1 nitrogen and oxygen atoms in total. The van der Waals surface area contributed by atoms with Crippen LogP contribution in [-0.2, 0) is 0 Å². The summed E-state index contributed by atoms with van der Waals surface area (Å²) in [6.45, 7) is 2.28. The number of aromatic amines is 1. The fourth-order valence-electron chi connectivity index (χ4n) is 3.21. The maximum atomic E-state index is 3.38. The van der Waals surface area contributed by atoms with E-state index in [2.05, 4.69) is 17.9 Å². The van der Waals surface area contributed by atoms with Gasteiger partial charge in [0.1, 0.15) is 0 Å². The van der Waals surface area contributed by atoms with Crippen LogP contribution < -0.4 is 0 Å². The highest BCUT2D eigenvalue weighted by Crippen LogP contribution is 2.35. The summed E-state index contributed by atoms with van der Waals surface area (Å²) in [4.78, 5) is 0. The quantitative estimate of drug-likeness (QED) is 0.614. The smallest absolute Gasteiger partial charge is 0.0144 e. The summed E-state index contributed by atoms with van der Waals surface area (Å²) in [5.74, 6) is 0.859. The predicted octanol–water partition coefficient (Wildman–Crippen LogP) is 6.29. The van der Waals surface area contributed by atoms with Crippen LogP contribution in [0.4, 0.5) is 0 Å². The fraction of sp³-hybridized carbons (Fsp3) is 0.812. The van der Waals surface area contributed by atoms with Crippen LogP contribution in [0.1, 0.15) is 87.4 Å². The molecule has 0 aromatic carbocycles. The van der Waals surface area contributed by atoms with Crippen LogP contribution in [0.25, 0.3) is 0 Å². The lowest BCUT2D eigenvalue weighted by Crippen LogP contribution is -1.99. The molecule has 2 rings (SSSR count). The number of nitrogens with one attached hydrogen (secondary N) is 1. The van der Waals surface area contributed by atoms with Gasteiger partial charge >= 0.3 is 0 Å². The van der Waals surface area contributed by atoms with E-state index >= 15 is 0 Å². The number of aryl methyl sites for hydroxylation is 1. The van der Waals surface area contributed by atoms with Gasteiger partial charge in [0.15, 0.2) is 0 Å². The normalized spacial score (nSPS) is 21.6. The third-order valence-electron chi connectivity index (χ3n) is 4.36. The molecule has 1 saturated carbocycles. The number of hydrogen-bond donors (Lipinski definition) is 1. The molecule has 0 unspecified atom stereocenters. The molecule has 0 amide bonds. The van der Waals surface area contributed by atoms with Crippen molar-refractivity contribution in [3.05, 3.63) is 17.1 Å². The molecule has 0 saturated heterocycles. The van der Waals surface area contributed by atoms with Gasteiger partial charge < -0.3 is 4.75 Å². The molecule has 2 heteroatoms. The summed E-state index contributed by atoms with van der Waals surface area (Å²) >= 11 is 0. The fourth-order valence-corrected chi connectivity index (χ4v) is 4.29. The van der Waals surface area contributed by atoms with E-state index in [1.807, 2.05) is 0 Å². The Bertz CT molecular complexity index is 320. The Morgan fingerprint density at radius 3 is 1.83 bits per heavy atom. The Morgan fingerprint density at radius 2 is 1.39 bits per heavy atom. The first kappa shape index (κ1) is 14.1. The molecular formula is C16H28NP. The minimum atomic E-state index is 0.859. The zero-order chi connectivity index (χ0) is 12.6. The van der Waals surface area contributed by atoms with E-state index < -0.39 is 0 Å². The second-order valence-electron chi connectivity index (χ2n) is 5.91. The van der Waals surface area contributed by atoms with Crippen molar-refractivity contribution in [2.45, 2.75) is 83.5 Å². The Kier molecular flexibility index (Phi) is 6.28.